The molecule has 2 aliphatic heterocycles. The third-order valence-corrected chi connectivity index (χ3v) is 3.14. The van der Waals surface area contributed by atoms with Crippen LogP contribution in [0.5, 0.6) is 0 Å². The van der Waals surface area contributed by atoms with Gasteiger partial charge in [0.25, 0.3) is 0 Å². The molecule has 0 radical (unpaired) electrons. The quantitative estimate of drug-likeness (QED) is 0.743. The van der Waals surface area contributed by atoms with Crippen LogP contribution in [0.4, 0.5) is 11.4 Å². The number of benzene rings is 1. The van der Waals surface area contributed by atoms with Crippen molar-refractivity contribution in [2.24, 2.45) is 0 Å². The van der Waals surface area contributed by atoms with Crippen LogP contribution < -0.4 is 9.80 Å². The normalized spacial score (nSPS) is 18.8. The zero-order valence-corrected chi connectivity index (χ0v) is 9.34. The Morgan fingerprint density at radius 1 is 0.750 bits per heavy atom. The summed E-state index contributed by atoms with van der Waals surface area (Å²) in [5.41, 5.74) is 2.64. The van der Waals surface area contributed by atoms with Crippen molar-refractivity contribution in [3.63, 3.8) is 0 Å². The highest BCUT2D eigenvalue weighted by molar-refractivity contribution is 5.74. The van der Waals surface area contributed by atoms with Crippen molar-refractivity contribution < 1.29 is 0 Å². The maximum absolute atomic E-state index is 2.33. The Balaban J connectivity index is 1.96. The van der Waals surface area contributed by atoms with Crippen LogP contribution in [0.25, 0.3) is 0 Å². The van der Waals surface area contributed by atoms with Crippen LogP contribution in [0.15, 0.2) is 48.8 Å². The van der Waals surface area contributed by atoms with Crippen molar-refractivity contribution in [2.75, 3.05) is 22.9 Å². The van der Waals surface area contributed by atoms with Crippen molar-refractivity contribution in [2.45, 2.75) is 12.8 Å². The van der Waals surface area contributed by atoms with Gasteiger partial charge in [-0.15, -0.1) is 0 Å². The molecule has 0 amide bonds. The number of anilines is 2. The molecule has 82 valence electrons. The second-order valence-electron chi connectivity index (χ2n) is 4.22. The molecule has 0 unspecified atom stereocenters. The second-order valence-corrected chi connectivity index (χ2v) is 4.22. The third kappa shape index (κ3) is 1.60. The fourth-order valence-corrected chi connectivity index (χ4v) is 2.33. The maximum Gasteiger partial charge on any atom is 0.0647 e. The van der Waals surface area contributed by atoms with Gasteiger partial charge in [0.2, 0.25) is 0 Å². The van der Waals surface area contributed by atoms with Gasteiger partial charge in [-0.1, -0.05) is 24.3 Å². The maximum atomic E-state index is 2.33. The molecule has 0 bridgehead atoms. The Hall–Kier alpha value is -1.70. The molecule has 0 spiro atoms. The van der Waals surface area contributed by atoms with E-state index in [9.17, 15) is 0 Å². The molecular weight excluding hydrogens is 196 g/mol. The molecule has 16 heavy (non-hydrogen) atoms. The number of nitrogens with zero attached hydrogens (tertiary/aromatic N) is 2. The summed E-state index contributed by atoms with van der Waals surface area (Å²) >= 11 is 0. The first-order chi connectivity index (χ1) is 7.95. The Morgan fingerprint density at radius 3 is 1.62 bits per heavy atom. The van der Waals surface area contributed by atoms with E-state index < -0.39 is 0 Å². The summed E-state index contributed by atoms with van der Waals surface area (Å²) in [6, 6.07) is 8.64. The minimum absolute atomic E-state index is 1.11. The minimum Gasteiger partial charge on any atom is -0.346 e. The van der Waals surface area contributed by atoms with Crippen molar-refractivity contribution in [3.8, 4) is 0 Å². The van der Waals surface area contributed by atoms with Crippen molar-refractivity contribution >= 4 is 11.4 Å². The Morgan fingerprint density at radius 2 is 1.25 bits per heavy atom. The molecule has 2 nitrogen and oxygen atoms in total. The van der Waals surface area contributed by atoms with Gasteiger partial charge in [-0.25, -0.2) is 0 Å². The van der Waals surface area contributed by atoms with E-state index in [2.05, 4.69) is 58.6 Å². The monoisotopic (exact) mass is 212 g/mol. The first-order valence-electron chi connectivity index (χ1n) is 5.91. The van der Waals surface area contributed by atoms with Gasteiger partial charge >= 0.3 is 0 Å². The SMILES string of the molecule is C1=CN(c2ccccc2N2C=CCC2)CC1. The predicted molar refractivity (Wildman–Crippen MR) is 68.6 cm³/mol. The molecular formula is C14H16N2. The summed E-state index contributed by atoms with van der Waals surface area (Å²) in [4.78, 5) is 4.67. The van der Waals surface area contributed by atoms with Gasteiger partial charge in [-0.05, 0) is 25.0 Å². The lowest BCUT2D eigenvalue weighted by Crippen LogP contribution is -2.19. The minimum atomic E-state index is 1.11. The van der Waals surface area contributed by atoms with Crippen LogP contribution in [0.1, 0.15) is 12.8 Å². The average Bonchev–Trinajstić information content (AvgIpc) is 3.03. The molecule has 0 aromatic heterocycles. The van der Waals surface area contributed by atoms with E-state index in [4.69, 9.17) is 0 Å². The zero-order valence-electron chi connectivity index (χ0n) is 9.34. The molecule has 3 rings (SSSR count). The molecule has 1 aromatic carbocycles. The van der Waals surface area contributed by atoms with E-state index >= 15 is 0 Å². The Kier molecular flexibility index (Phi) is 2.41. The standard InChI is InChI=1S/C14H16N2/c1-2-8-14(16-11-5-6-12-16)13(7-1)15-9-3-4-10-15/h1-3,5,7-9,11H,4,6,10,12H2. The van der Waals surface area contributed by atoms with Gasteiger partial charge in [-0.2, -0.15) is 0 Å². The predicted octanol–water partition coefficient (Wildman–Crippen LogP) is 3.13. The van der Waals surface area contributed by atoms with E-state index in [0.29, 0.717) is 0 Å². The third-order valence-electron chi connectivity index (χ3n) is 3.14. The lowest BCUT2D eigenvalue weighted by Gasteiger charge is -2.24. The number of hydrogen-bond acceptors (Lipinski definition) is 2. The summed E-state index contributed by atoms with van der Waals surface area (Å²) in [5, 5.41) is 0. The van der Waals surface area contributed by atoms with Crippen molar-refractivity contribution in [1.82, 2.24) is 0 Å². The largest absolute Gasteiger partial charge is 0.346 e. The molecule has 2 heterocycles. The van der Waals surface area contributed by atoms with Crippen LogP contribution in [0.2, 0.25) is 0 Å². The molecule has 0 saturated heterocycles. The smallest absolute Gasteiger partial charge is 0.0647 e. The second kappa shape index (κ2) is 4.05. The Labute approximate surface area is 96.5 Å². The molecule has 0 N–H and O–H groups in total. The van der Waals surface area contributed by atoms with Crippen LogP contribution >= 0.6 is 0 Å². The lowest BCUT2D eigenvalue weighted by atomic mass is 10.2. The van der Waals surface area contributed by atoms with E-state index in [1.165, 1.54) is 11.4 Å². The first-order valence-corrected chi connectivity index (χ1v) is 5.91. The number of para-hydroxylation sites is 2. The van der Waals surface area contributed by atoms with Crippen LogP contribution in [0, 0.1) is 0 Å². The highest BCUT2D eigenvalue weighted by Gasteiger charge is 2.15. The molecule has 0 saturated carbocycles. The fraction of sp³-hybridized carbons (Fsp3) is 0.286. The van der Waals surface area contributed by atoms with Gasteiger partial charge in [-0.3, -0.25) is 0 Å². The highest BCUT2D eigenvalue weighted by atomic mass is 15.2. The van der Waals surface area contributed by atoms with Crippen LogP contribution in [-0.4, -0.2) is 13.1 Å². The molecule has 2 aliphatic rings. The summed E-state index contributed by atoms with van der Waals surface area (Å²) in [5.74, 6) is 0. The summed E-state index contributed by atoms with van der Waals surface area (Å²) in [7, 11) is 0. The average molecular weight is 212 g/mol. The molecule has 0 atom stereocenters. The van der Waals surface area contributed by atoms with Crippen molar-refractivity contribution in [3.05, 3.63) is 48.8 Å². The van der Waals surface area contributed by atoms with E-state index in [0.717, 1.165) is 25.9 Å². The topological polar surface area (TPSA) is 6.48 Å². The van der Waals surface area contributed by atoms with Gasteiger partial charge < -0.3 is 9.80 Å². The summed E-state index contributed by atoms with van der Waals surface area (Å²) in [6.07, 6.45) is 11.2. The van der Waals surface area contributed by atoms with Gasteiger partial charge in [0, 0.05) is 25.5 Å². The molecule has 2 heteroatoms. The first kappa shape index (κ1) is 9.52. The lowest BCUT2D eigenvalue weighted by molar-refractivity contribution is 0.967. The van der Waals surface area contributed by atoms with E-state index in [-0.39, 0.29) is 0 Å². The highest BCUT2D eigenvalue weighted by Crippen LogP contribution is 2.32. The summed E-state index contributed by atoms with van der Waals surface area (Å²) < 4.78 is 0. The molecule has 1 aromatic rings. The van der Waals surface area contributed by atoms with Gasteiger partial charge in [0.15, 0.2) is 0 Å². The number of rotatable bonds is 2. The fourth-order valence-electron chi connectivity index (χ4n) is 2.33. The zero-order chi connectivity index (χ0) is 10.8. The number of hydrogen-bond donors (Lipinski definition) is 0. The molecule has 0 fully saturated rings. The van der Waals surface area contributed by atoms with Crippen LogP contribution in [0.3, 0.4) is 0 Å². The van der Waals surface area contributed by atoms with Crippen molar-refractivity contribution in [1.29, 1.82) is 0 Å². The van der Waals surface area contributed by atoms with E-state index in [1.807, 2.05) is 0 Å². The van der Waals surface area contributed by atoms with E-state index in [1.54, 1.807) is 0 Å². The van der Waals surface area contributed by atoms with Gasteiger partial charge in [0.05, 0.1) is 11.4 Å². The van der Waals surface area contributed by atoms with Crippen LogP contribution in [-0.2, 0) is 0 Å². The summed E-state index contributed by atoms with van der Waals surface area (Å²) in [6.45, 7) is 2.21. The Bertz CT molecular complexity index is 393. The molecule has 0 aliphatic carbocycles. The van der Waals surface area contributed by atoms with Gasteiger partial charge in [0.1, 0.15) is 0 Å².